The molecule has 2 aliphatic rings. The molecule has 4 atom stereocenters. The number of carbonyl (C=O) groups excluding carboxylic acids is 1. The molecule has 1 aliphatic heterocycles. The van der Waals surface area contributed by atoms with E-state index < -0.39 is 17.8 Å². The molecule has 0 spiro atoms. The zero-order chi connectivity index (χ0) is 13.3. The van der Waals surface area contributed by atoms with Crippen molar-refractivity contribution in [1.82, 2.24) is 5.32 Å². The van der Waals surface area contributed by atoms with E-state index in [-0.39, 0.29) is 11.4 Å². The number of amides is 1. The van der Waals surface area contributed by atoms with Crippen molar-refractivity contribution in [2.75, 3.05) is 13.2 Å². The Morgan fingerprint density at radius 3 is 2.56 bits per heavy atom. The Bertz CT molecular complexity index is 349. The lowest BCUT2D eigenvalue weighted by Crippen LogP contribution is -2.49. The number of rotatable bonds is 3. The van der Waals surface area contributed by atoms with Gasteiger partial charge in [-0.2, -0.15) is 0 Å². The van der Waals surface area contributed by atoms with Crippen LogP contribution in [0.4, 0.5) is 0 Å². The van der Waals surface area contributed by atoms with E-state index in [1.807, 2.05) is 13.8 Å². The van der Waals surface area contributed by atoms with Crippen LogP contribution >= 0.6 is 0 Å². The summed E-state index contributed by atoms with van der Waals surface area (Å²) < 4.78 is 5.29. The van der Waals surface area contributed by atoms with Gasteiger partial charge in [0.1, 0.15) is 0 Å². The maximum atomic E-state index is 12.2. The van der Waals surface area contributed by atoms with Gasteiger partial charge in [0.15, 0.2) is 0 Å². The number of carboxylic acid groups (broad SMARTS) is 1. The Labute approximate surface area is 107 Å². The quantitative estimate of drug-likeness (QED) is 0.789. The van der Waals surface area contributed by atoms with Crippen LogP contribution in [0, 0.1) is 17.8 Å². The molecule has 1 saturated carbocycles. The summed E-state index contributed by atoms with van der Waals surface area (Å²) in [6.45, 7) is 5.12. The number of carboxylic acids is 1. The molecular weight excluding hydrogens is 234 g/mol. The number of nitrogens with one attached hydrogen (secondary N) is 1. The van der Waals surface area contributed by atoms with Gasteiger partial charge >= 0.3 is 5.97 Å². The lowest BCUT2D eigenvalue weighted by atomic mass is 9.93. The predicted molar refractivity (Wildman–Crippen MR) is 65.0 cm³/mol. The monoisotopic (exact) mass is 255 g/mol. The summed E-state index contributed by atoms with van der Waals surface area (Å²) in [7, 11) is 0. The molecule has 2 N–H and O–H groups in total. The van der Waals surface area contributed by atoms with E-state index in [1.54, 1.807) is 0 Å². The van der Waals surface area contributed by atoms with Gasteiger partial charge in [0.25, 0.3) is 0 Å². The van der Waals surface area contributed by atoms with Gasteiger partial charge in [-0.1, -0.05) is 6.92 Å². The van der Waals surface area contributed by atoms with E-state index >= 15 is 0 Å². The molecule has 1 amide bonds. The summed E-state index contributed by atoms with van der Waals surface area (Å²) >= 11 is 0. The SMILES string of the molecule is CC1C[C@H](C(=O)NC2(C)CCOC2)[C@H](C(=O)O)C1. The second-order valence-corrected chi connectivity index (χ2v) is 5.98. The largest absolute Gasteiger partial charge is 0.481 e. The molecule has 1 aliphatic carbocycles. The van der Waals surface area contributed by atoms with Crippen molar-refractivity contribution in [2.45, 2.75) is 38.6 Å². The predicted octanol–water partition coefficient (Wildman–Crippen LogP) is 1.03. The van der Waals surface area contributed by atoms with E-state index in [4.69, 9.17) is 4.74 Å². The van der Waals surface area contributed by atoms with E-state index in [0.29, 0.717) is 32.0 Å². The van der Waals surface area contributed by atoms with Gasteiger partial charge in [0.05, 0.1) is 24.0 Å². The third-order valence-electron chi connectivity index (χ3n) is 4.10. The van der Waals surface area contributed by atoms with Crippen LogP contribution in [-0.4, -0.2) is 35.7 Å². The third-order valence-corrected chi connectivity index (χ3v) is 4.10. The highest BCUT2D eigenvalue weighted by atomic mass is 16.5. The third kappa shape index (κ3) is 2.66. The van der Waals surface area contributed by atoms with Crippen LogP contribution in [0.15, 0.2) is 0 Å². The van der Waals surface area contributed by atoms with Gasteiger partial charge in [-0.05, 0) is 32.1 Å². The van der Waals surface area contributed by atoms with E-state index in [1.165, 1.54) is 0 Å². The Hall–Kier alpha value is -1.10. The fourth-order valence-electron chi connectivity index (χ4n) is 3.01. The first-order chi connectivity index (χ1) is 8.41. The fourth-order valence-corrected chi connectivity index (χ4v) is 3.01. The van der Waals surface area contributed by atoms with Crippen LogP contribution in [0.2, 0.25) is 0 Å². The first-order valence-electron chi connectivity index (χ1n) is 6.54. The van der Waals surface area contributed by atoms with Gasteiger partial charge < -0.3 is 15.2 Å². The standard InChI is InChI=1S/C13H21NO4/c1-8-5-9(10(6-8)12(16)17)11(15)14-13(2)3-4-18-7-13/h8-10H,3-7H2,1-2H3,(H,14,15)(H,16,17)/t8?,9-,10+,13?/m0/s1. The van der Waals surface area contributed by atoms with Gasteiger partial charge in [0.2, 0.25) is 5.91 Å². The average Bonchev–Trinajstić information content (AvgIpc) is 2.85. The van der Waals surface area contributed by atoms with Crippen molar-refractivity contribution in [1.29, 1.82) is 0 Å². The van der Waals surface area contributed by atoms with Gasteiger partial charge in [-0.25, -0.2) is 0 Å². The summed E-state index contributed by atoms with van der Waals surface area (Å²) in [6.07, 6.45) is 2.05. The lowest BCUT2D eigenvalue weighted by molar-refractivity contribution is -0.146. The van der Waals surface area contributed by atoms with Crippen molar-refractivity contribution in [2.24, 2.45) is 17.8 Å². The molecule has 5 heteroatoms. The van der Waals surface area contributed by atoms with Crippen LogP contribution in [0.1, 0.15) is 33.1 Å². The molecule has 0 bridgehead atoms. The van der Waals surface area contributed by atoms with Crippen molar-refractivity contribution < 1.29 is 19.4 Å². The summed E-state index contributed by atoms with van der Waals surface area (Å²) in [6, 6.07) is 0. The van der Waals surface area contributed by atoms with E-state index in [0.717, 1.165) is 6.42 Å². The Morgan fingerprint density at radius 1 is 1.33 bits per heavy atom. The van der Waals surface area contributed by atoms with Crippen LogP contribution < -0.4 is 5.32 Å². The molecule has 0 aromatic heterocycles. The molecule has 0 aromatic rings. The highest BCUT2D eigenvalue weighted by Crippen LogP contribution is 2.37. The molecular formula is C13H21NO4. The molecule has 0 radical (unpaired) electrons. The van der Waals surface area contributed by atoms with Crippen molar-refractivity contribution in [3.05, 3.63) is 0 Å². The summed E-state index contributed by atoms with van der Waals surface area (Å²) in [5.74, 6) is -1.61. The second-order valence-electron chi connectivity index (χ2n) is 5.98. The van der Waals surface area contributed by atoms with Crippen molar-refractivity contribution in [3.63, 3.8) is 0 Å². The molecule has 5 nitrogen and oxygen atoms in total. The lowest BCUT2D eigenvalue weighted by Gasteiger charge is -2.26. The second kappa shape index (κ2) is 4.88. The molecule has 2 unspecified atom stereocenters. The van der Waals surface area contributed by atoms with Crippen molar-refractivity contribution in [3.8, 4) is 0 Å². The highest BCUT2D eigenvalue weighted by Gasteiger charge is 2.43. The van der Waals surface area contributed by atoms with Gasteiger partial charge in [-0.15, -0.1) is 0 Å². The summed E-state index contributed by atoms with van der Waals surface area (Å²) in [5, 5.41) is 12.1. The number of hydrogen-bond acceptors (Lipinski definition) is 3. The maximum absolute atomic E-state index is 12.2. The Balaban J connectivity index is 2.01. The first-order valence-corrected chi connectivity index (χ1v) is 6.54. The minimum atomic E-state index is -0.854. The summed E-state index contributed by atoms with van der Waals surface area (Å²) in [5.41, 5.74) is -0.327. The van der Waals surface area contributed by atoms with Crippen LogP contribution in [-0.2, 0) is 14.3 Å². The van der Waals surface area contributed by atoms with E-state index in [2.05, 4.69) is 5.32 Å². The molecule has 2 rings (SSSR count). The van der Waals surface area contributed by atoms with Crippen LogP contribution in [0.25, 0.3) is 0 Å². The maximum Gasteiger partial charge on any atom is 0.307 e. The van der Waals surface area contributed by atoms with Gasteiger partial charge in [0, 0.05) is 6.61 Å². The Kier molecular flexibility index (Phi) is 3.61. The molecule has 2 fully saturated rings. The number of aliphatic carboxylic acids is 1. The molecule has 18 heavy (non-hydrogen) atoms. The van der Waals surface area contributed by atoms with Crippen molar-refractivity contribution >= 4 is 11.9 Å². The number of carbonyl (C=O) groups is 2. The highest BCUT2D eigenvalue weighted by molar-refractivity contribution is 5.85. The first kappa shape index (κ1) is 13.3. The Morgan fingerprint density at radius 2 is 2.00 bits per heavy atom. The van der Waals surface area contributed by atoms with E-state index in [9.17, 15) is 14.7 Å². The minimum absolute atomic E-state index is 0.125. The zero-order valence-electron chi connectivity index (χ0n) is 10.9. The normalized spacial score (nSPS) is 39.8. The average molecular weight is 255 g/mol. The summed E-state index contributed by atoms with van der Waals surface area (Å²) in [4.78, 5) is 23.4. The van der Waals surface area contributed by atoms with Crippen LogP contribution in [0.3, 0.4) is 0 Å². The smallest absolute Gasteiger partial charge is 0.307 e. The topological polar surface area (TPSA) is 75.6 Å². The minimum Gasteiger partial charge on any atom is -0.481 e. The fraction of sp³-hybridized carbons (Fsp3) is 0.846. The molecule has 1 saturated heterocycles. The number of ether oxygens (including phenoxy) is 1. The molecule has 0 aromatic carbocycles. The molecule has 1 heterocycles. The van der Waals surface area contributed by atoms with Crippen LogP contribution in [0.5, 0.6) is 0 Å². The molecule has 102 valence electrons. The zero-order valence-corrected chi connectivity index (χ0v) is 10.9. The van der Waals surface area contributed by atoms with Gasteiger partial charge in [-0.3, -0.25) is 9.59 Å². The number of hydrogen-bond donors (Lipinski definition) is 2.